The maximum atomic E-state index is 6.15. The SMILES string of the molecule is c1cnc(OC2COC3(CCCN(c4nccs4)C3)C2)nc1. The van der Waals surface area contributed by atoms with Crippen molar-refractivity contribution in [2.45, 2.75) is 31.0 Å². The fraction of sp³-hybridized carbons (Fsp3) is 0.533. The van der Waals surface area contributed by atoms with Crippen LogP contribution in [0.1, 0.15) is 19.3 Å². The van der Waals surface area contributed by atoms with Crippen LogP contribution in [0.15, 0.2) is 30.0 Å². The average molecular weight is 318 g/mol. The molecule has 4 rings (SSSR count). The molecule has 7 heteroatoms. The second-order valence-corrected chi connectivity index (χ2v) is 6.68. The predicted octanol–water partition coefficient (Wildman–Crippen LogP) is 2.14. The summed E-state index contributed by atoms with van der Waals surface area (Å²) in [7, 11) is 0. The number of ether oxygens (including phenoxy) is 2. The molecule has 2 aromatic rings. The van der Waals surface area contributed by atoms with Crippen molar-refractivity contribution in [2.24, 2.45) is 0 Å². The molecular weight excluding hydrogens is 300 g/mol. The molecular formula is C15H18N4O2S. The van der Waals surface area contributed by atoms with Crippen molar-refractivity contribution in [3.05, 3.63) is 30.0 Å². The van der Waals surface area contributed by atoms with Gasteiger partial charge in [-0.3, -0.25) is 0 Å². The number of anilines is 1. The topological polar surface area (TPSA) is 60.4 Å². The molecule has 0 radical (unpaired) electrons. The Morgan fingerprint density at radius 1 is 1.27 bits per heavy atom. The molecule has 0 N–H and O–H groups in total. The van der Waals surface area contributed by atoms with Crippen LogP contribution in [0.25, 0.3) is 0 Å². The lowest BCUT2D eigenvalue weighted by molar-refractivity contribution is -0.00828. The van der Waals surface area contributed by atoms with E-state index in [0.717, 1.165) is 37.5 Å². The summed E-state index contributed by atoms with van der Waals surface area (Å²) in [6.07, 6.45) is 8.34. The number of hydrogen-bond donors (Lipinski definition) is 0. The van der Waals surface area contributed by atoms with E-state index in [4.69, 9.17) is 9.47 Å². The highest BCUT2D eigenvalue weighted by Gasteiger charge is 2.45. The third-order valence-corrected chi connectivity index (χ3v) is 5.05. The molecule has 2 aliphatic heterocycles. The van der Waals surface area contributed by atoms with Crippen molar-refractivity contribution in [1.82, 2.24) is 15.0 Å². The lowest BCUT2D eigenvalue weighted by Crippen LogP contribution is -2.48. The first-order valence-electron chi connectivity index (χ1n) is 7.55. The summed E-state index contributed by atoms with van der Waals surface area (Å²) in [6, 6.07) is 2.22. The van der Waals surface area contributed by atoms with Crippen molar-refractivity contribution in [3.8, 4) is 6.01 Å². The molecule has 0 bridgehead atoms. The predicted molar refractivity (Wildman–Crippen MR) is 83.3 cm³/mol. The Bertz CT molecular complexity index is 609. The van der Waals surface area contributed by atoms with E-state index in [0.29, 0.717) is 12.6 Å². The van der Waals surface area contributed by atoms with E-state index in [1.54, 1.807) is 29.8 Å². The summed E-state index contributed by atoms with van der Waals surface area (Å²) in [5.41, 5.74) is -0.122. The largest absolute Gasteiger partial charge is 0.458 e. The summed E-state index contributed by atoms with van der Waals surface area (Å²) in [4.78, 5) is 15.0. The summed E-state index contributed by atoms with van der Waals surface area (Å²) >= 11 is 1.68. The number of hydrogen-bond acceptors (Lipinski definition) is 7. The van der Waals surface area contributed by atoms with Crippen LogP contribution in [0, 0.1) is 0 Å². The van der Waals surface area contributed by atoms with E-state index >= 15 is 0 Å². The van der Waals surface area contributed by atoms with Gasteiger partial charge in [-0.15, -0.1) is 11.3 Å². The first-order chi connectivity index (χ1) is 10.8. The first kappa shape index (κ1) is 13.9. The van der Waals surface area contributed by atoms with Gasteiger partial charge in [-0.05, 0) is 18.9 Å². The third-order valence-electron chi connectivity index (χ3n) is 4.22. The van der Waals surface area contributed by atoms with E-state index in [2.05, 4.69) is 19.9 Å². The number of rotatable bonds is 3. The van der Waals surface area contributed by atoms with Crippen LogP contribution < -0.4 is 9.64 Å². The van der Waals surface area contributed by atoms with Gasteiger partial charge in [0.2, 0.25) is 0 Å². The third kappa shape index (κ3) is 2.78. The lowest BCUT2D eigenvalue weighted by Gasteiger charge is -2.39. The molecule has 22 heavy (non-hydrogen) atoms. The average Bonchev–Trinajstić information content (AvgIpc) is 3.20. The summed E-state index contributed by atoms with van der Waals surface area (Å²) in [5, 5.41) is 3.10. The number of aromatic nitrogens is 3. The smallest absolute Gasteiger partial charge is 0.316 e. The molecule has 2 aliphatic rings. The van der Waals surface area contributed by atoms with Crippen LogP contribution >= 0.6 is 11.3 Å². The zero-order chi connectivity index (χ0) is 14.8. The molecule has 6 nitrogen and oxygen atoms in total. The van der Waals surface area contributed by atoms with Crippen LogP contribution in [0.5, 0.6) is 6.01 Å². The minimum absolute atomic E-state index is 0.0265. The molecule has 1 spiro atoms. The Labute approximate surface area is 133 Å². The quantitative estimate of drug-likeness (QED) is 0.864. The molecule has 0 saturated carbocycles. The Hall–Kier alpha value is -1.73. The van der Waals surface area contributed by atoms with Crippen molar-refractivity contribution in [2.75, 3.05) is 24.6 Å². The van der Waals surface area contributed by atoms with Crippen LogP contribution in [0.4, 0.5) is 5.13 Å². The zero-order valence-electron chi connectivity index (χ0n) is 12.2. The van der Waals surface area contributed by atoms with Crippen LogP contribution in [-0.2, 0) is 4.74 Å². The standard InChI is InChI=1S/C15H18N4O2S/c1-3-15(11-19(7-1)14-18-6-8-22-14)9-12(10-20-15)21-13-16-4-2-5-17-13/h2,4-6,8,12H,1,3,7,9-11H2. The summed E-state index contributed by atoms with van der Waals surface area (Å²) in [5.74, 6) is 0. The molecule has 2 aromatic heterocycles. The second-order valence-electron chi connectivity index (χ2n) is 5.81. The normalized spacial score (nSPS) is 28.2. The lowest BCUT2D eigenvalue weighted by atomic mass is 9.89. The highest BCUT2D eigenvalue weighted by Crippen LogP contribution is 2.37. The minimum Gasteiger partial charge on any atom is -0.458 e. The minimum atomic E-state index is -0.122. The van der Waals surface area contributed by atoms with Gasteiger partial charge in [0.15, 0.2) is 5.13 Å². The number of thiazole rings is 1. The molecule has 2 fully saturated rings. The van der Waals surface area contributed by atoms with Gasteiger partial charge < -0.3 is 14.4 Å². The molecule has 116 valence electrons. The van der Waals surface area contributed by atoms with Crippen molar-refractivity contribution < 1.29 is 9.47 Å². The maximum Gasteiger partial charge on any atom is 0.316 e. The van der Waals surface area contributed by atoms with E-state index in [1.165, 1.54) is 0 Å². The molecule has 0 amide bonds. The summed E-state index contributed by atoms with van der Waals surface area (Å²) in [6.45, 7) is 2.53. The van der Waals surface area contributed by atoms with E-state index in [-0.39, 0.29) is 11.7 Å². The first-order valence-corrected chi connectivity index (χ1v) is 8.43. The zero-order valence-corrected chi connectivity index (χ0v) is 13.0. The highest BCUT2D eigenvalue weighted by atomic mass is 32.1. The molecule has 0 aliphatic carbocycles. The van der Waals surface area contributed by atoms with Gasteiger partial charge in [0.1, 0.15) is 6.10 Å². The van der Waals surface area contributed by atoms with Gasteiger partial charge in [0.05, 0.1) is 12.2 Å². The van der Waals surface area contributed by atoms with Crippen LogP contribution in [0.2, 0.25) is 0 Å². The van der Waals surface area contributed by atoms with E-state index in [9.17, 15) is 0 Å². The monoisotopic (exact) mass is 318 g/mol. The Morgan fingerprint density at radius 3 is 3.00 bits per heavy atom. The Kier molecular flexibility index (Phi) is 3.67. The molecule has 2 atom stereocenters. The molecule has 2 saturated heterocycles. The number of piperidine rings is 1. The van der Waals surface area contributed by atoms with Gasteiger partial charge in [-0.2, -0.15) is 0 Å². The number of nitrogens with zero attached hydrogens (tertiary/aromatic N) is 4. The molecule has 0 aromatic carbocycles. The molecule has 2 unspecified atom stereocenters. The van der Waals surface area contributed by atoms with Gasteiger partial charge in [-0.1, -0.05) is 0 Å². The highest BCUT2D eigenvalue weighted by molar-refractivity contribution is 7.13. The maximum absolute atomic E-state index is 6.15. The van der Waals surface area contributed by atoms with Crippen LogP contribution in [0.3, 0.4) is 0 Å². The Morgan fingerprint density at radius 2 is 2.18 bits per heavy atom. The van der Waals surface area contributed by atoms with Gasteiger partial charge in [-0.25, -0.2) is 15.0 Å². The van der Waals surface area contributed by atoms with Crippen molar-refractivity contribution in [3.63, 3.8) is 0 Å². The van der Waals surface area contributed by atoms with E-state index < -0.39 is 0 Å². The van der Waals surface area contributed by atoms with Crippen molar-refractivity contribution in [1.29, 1.82) is 0 Å². The molecule has 4 heterocycles. The van der Waals surface area contributed by atoms with Crippen molar-refractivity contribution >= 4 is 16.5 Å². The van der Waals surface area contributed by atoms with Gasteiger partial charge in [0, 0.05) is 43.5 Å². The Balaban J connectivity index is 1.42. The van der Waals surface area contributed by atoms with Gasteiger partial charge in [0.25, 0.3) is 0 Å². The van der Waals surface area contributed by atoms with E-state index in [1.807, 2.05) is 11.6 Å². The van der Waals surface area contributed by atoms with Gasteiger partial charge >= 0.3 is 6.01 Å². The second kappa shape index (κ2) is 5.81. The fourth-order valence-electron chi connectivity index (χ4n) is 3.29. The summed E-state index contributed by atoms with van der Waals surface area (Å²) < 4.78 is 12.0. The van der Waals surface area contributed by atoms with Crippen LogP contribution in [-0.4, -0.2) is 46.4 Å². The fourth-order valence-corrected chi connectivity index (χ4v) is 3.96.